The molecule has 0 saturated heterocycles. The molecule has 5 heteroatoms. The van der Waals surface area contributed by atoms with Crippen LogP contribution in [0.15, 0.2) is 41.0 Å². The molecular formula is C11H7BrClFN2. The van der Waals surface area contributed by atoms with E-state index in [4.69, 9.17) is 11.6 Å². The van der Waals surface area contributed by atoms with Gasteiger partial charge in [0.25, 0.3) is 0 Å². The van der Waals surface area contributed by atoms with Gasteiger partial charge < -0.3 is 5.32 Å². The summed E-state index contributed by atoms with van der Waals surface area (Å²) in [6, 6.07) is 8.40. The van der Waals surface area contributed by atoms with E-state index < -0.39 is 5.95 Å². The molecule has 82 valence electrons. The molecule has 2 aromatic rings. The first-order valence-electron chi connectivity index (χ1n) is 4.49. The number of pyridine rings is 1. The van der Waals surface area contributed by atoms with Crippen molar-refractivity contribution in [2.75, 3.05) is 5.32 Å². The third kappa shape index (κ3) is 2.71. The Balaban J connectivity index is 2.27. The van der Waals surface area contributed by atoms with Gasteiger partial charge >= 0.3 is 0 Å². The van der Waals surface area contributed by atoms with Gasteiger partial charge in [-0.2, -0.15) is 4.39 Å². The third-order valence-electron chi connectivity index (χ3n) is 1.94. The van der Waals surface area contributed by atoms with Crippen LogP contribution in [-0.4, -0.2) is 4.98 Å². The lowest BCUT2D eigenvalue weighted by Gasteiger charge is -2.08. The molecule has 0 amide bonds. The van der Waals surface area contributed by atoms with E-state index in [1.807, 2.05) is 12.1 Å². The van der Waals surface area contributed by atoms with Crippen LogP contribution >= 0.6 is 27.5 Å². The van der Waals surface area contributed by atoms with Crippen molar-refractivity contribution in [1.82, 2.24) is 4.98 Å². The normalized spacial score (nSPS) is 10.2. The standard InChI is InChI=1S/C11H7BrClFN2/c12-7-1-2-10(9(13)5-7)16-8-3-4-15-11(14)6-8/h1-6H,(H,15,16). The summed E-state index contributed by atoms with van der Waals surface area (Å²) in [5, 5.41) is 3.57. The molecule has 0 bridgehead atoms. The number of aromatic nitrogens is 1. The number of halogens is 3. The summed E-state index contributed by atoms with van der Waals surface area (Å²) in [6.07, 6.45) is 1.39. The second kappa shape index (κ2) is 4.80. The Morgan fingerprint density at radius 1 is 1.25 bits per heavy atom. The minimum absolute atomic E-state index is 0.529. The van der Waals surface area contributed by atoms with Crippen molar-refractivity contribution in [2.24, 2.45) is 0 Å². The molecule has 0 unspecified atom stereocenters. The lowest BCUT2D eigenvalue weighted by Crippen LogP contribution is -1.92. The van der Waals surface area contributed by atoms with E-state index in [1.165, 1.54) is 12.3 Å². The Hall–Kier alpha value is -1.13. The molecule has 0 spiro atoms. The van der Waals surface area contributed by atoms with Crippen LogP contribution in [0, 0.1) is 5.95 Å². The molecule has 2 nitrogen and oxygen atoms in total. The van der Waals surface area contributed by atoms with Crippen molar-refractivity contribution < 1.29 is 4.39 Å². The van der Waals surface area contributed by atoms with Crippen LogP contribution in [0.1, 0.15) is 0 Å². The number of benzene rings is 1. The highest BCUT2D eigenvalue weighted by Gasteiger charge is 2.02. The minimum Gasteiger partial charge on any atom is -0.354 e. The van der Waals surface area contributed by atoms with Gasteiger partial charge in [0.15, 0.2) is 0 Å². The largest absolute Gasteiger partial charge is 0.354 e. The van der Waals surface area contributed by atoms with Gasteiger partial charge in [-0.25, -0.2) is 4.98 Å². The fourth-order valence-electron chi connectivity index (χ4n) is 1.23. The first kappa shape index (κ1) is 11.4. The fourth-order valence-corrected chi connectivity index (χ4v) is 1.95. The Morgan fingerprint density at radius 2 is 2.06 bits per heavy atom. The van der Waals surface area contributed by atoms with Gasteiger partial charge in [0.05, 0.1) is 10.7 Å². The van der Waals surface area contributed by atoms with Crippen molar-refractivity contribution >= 4 is 38.9 Å². The molecule has 0 radical (unpaired) electrons. The van der Waals surface area contributed by atoms with E-state index in [0.717, 1.165) is 10.2 Å². The molecule has 0 fully saturated rings. The molecule has 0 aliphatic rings. The van der Waals surface area contributed by atoms with Crippen molar-refractivity contribution in [2.45, 2.75) is 0 Å². The summed E-state index contributed by atoms with van der Waals surface area (Å²) in [7, 11) is 0. The highest BCUT2D eigenvalue weighted by molar-refractivity contribution is 9.10. The van der Waals surface area contributed by atoms with Crippen LogP contribution in [0.4, 0.5) is 15.8 Å². The number of nitrogens with zero attached hydrogens (tertiary/aromatic N) is 1. The van der Waals surface area contributed by atoms with Gasteiger partial charge in [0, 0.05) is 22.4 Å². The van der Waals surface area contributed by atoms with Crippen molar-refractivity contribution in [3.05, 3.63) is 52.0 Å². The van der Waals surface area contributed by atoms with Gasteiger partial charge in [-0.05, 0) is 24.3 Å². The summed E-state index contributed by atoms with van der Waals surface area (Å²) >= 11 is 9.33. The molecule has 16 heavy (non-hydrogen) atoms. The number of nitrogens with one attached hydrogen (secondary N) is 1. The maximum absolute atomic E-state index is 12.8. The molecular weight excluding hydrogens is 294 g/mol. The number of hydrogen-bond acceptors (Lipinski definition) is 2. The van der Waals surface area contributed by atoms with E-state index in [-0.39, 0.29) is 0 Å². The maximum Gasteiger partial charge on any atom is 0.214 e. The highest BCUT2D eigenvalue weighted by Crippen LogP contribution is 2.28. The Labute approximate surface area is 106 Å². The zero-order valence-corrected chi connectivity index (χ0v) is 10.4. The van der Waals surface area contributed by atoms with Crippen LogP contribution < -0.4 is 5.32 Å². The van der Waals surface area contributed by atoms with Crippen LogP contribution in [0.2, 0.25) is 5.02 Å². The summed E-state index contributed by atoms with van der Waals surface area (Å²) in [6.45, 7) is 0. The molecule has 0 aliphatic heterocycles. The van der Waals surface area contributed by atoms with Crippen LogP contribution in [0.3, 0.4) is 0 Å². The summed E-state index contributed by atoms with van der Waals surface area (Å²) in [4.78, 5) is 3.47. The van der Waals surface area contributed by atoms with Crippen LogP contribution in [0.25, 0.3) is 0 Å². The van der Waals surface area contributed by atoms with Crippen LogP contribution in [0.5, 0.6) is 0 Å². The lowest BCUT2D eigenvalue weighted by molar-refractivity contribution is 0.584. The SMILES string of the molecule is Fc1cc(Nc2ccc(Br)cc2Cl)ccn1. The summed E-state index contributed by atoms with van der Waals surface area (Å²) in [5.74, 6) is -0.529. The zero-order chi connectivity index (χ0) is 11.5. The first-order valence-corrected chi connectivity index (χ1v) is 5.66. The molecule has 2 rings (SSSR count). The summed E-state index contributed by atoms with van der Waals surface area (Å²) in [5.41, 5.74) is 1.33. The Kier molecular flexibility index (Phi) is 3.41. The predicted molar refractivity (Wildman–Crippen MR) is 66.6 cm³/mol. The Morgan fingerprint density at radius 3 is 2.75 bits per heavy atom. The van der Waals surface area contributed by atoms with Gasteiger partial charge in [-0.15, -0.1) is 0 Å². The third-order valence-corrected chi connectivity index (χ3v) is 2.74. The van der Waals surface area contributed by atoms with E-state index in [1.54, 1.807) is 12.1 Å². The quantitative estimate of drug-likeness (QED) is 0.833. The number of rotatable bonds is 2. The predicted octanol–water partition coefficient (Wildman–Crippen LogP) is 4.38. The lowest BCUT2D eigenvalue weighted by atomic mass is 10.3. The van der Waals surface area contributed by atoms with Crippen molar-refractivity contribution in [3.63, 3.8) is 0 Å². The van der Waals surface area contributed by atoms with Crippen molar-refractivity contribution in [1.29, 1.82) is 0 Å². The average molecular weight is 302 g/mol. The molecule has 1 heterocycles. The van der Waals surface area contributed by atoms with Gasteiger partial charge in [-0.3, -0.25) is 0 Å². The molecule has 0 aliphatic carbocycles. The van der Waals surface area contributed by atoms with Gasteiger partial charge in [-0.1, -0.05) is 27.5 Å². The molecule has 1 N–H and O–H groups in total. The smallest absolute Gasteiger partial charge is 0.214 e. The second-order valence-electron chi connectivity index (χ2n) is 3.12. The second-order valence-corrected chi connectivity index (χ2v) is 4.44. The van der Waals surface area contributed by atoms with Gasteiger partial charge in [0.2, 0.25) is 5.95 Å². The van der Waals surface area contributed by atoms with Crippen molar-refractivity contribution in [3.8, 4) is 0 Å². The fraction of sp³-hybridized carbons (Fsp3) is 0. The topological polar surface area (TPSA) is 24.9 Å². The minimum atomic E-state index is -0.529. The highest BCUT2D eigenvalue weighted by atomic mass is 79.9. The zero-order valence-electron chi connectivity index (χ0n) is 8.05. The van der Waals surface area contributed by atoms with E-state index in [2.05, 4.69) is 26.2 Å². The van der Waals surface area contributed by atoms with Crippen LogP contribution in [-0.2, 0) is 0 Å². The molecule has 0 saturated carbocycles. The Bertz CT molecular complexity index is 519. The van der Waals surface area contributed by atoms with Gasteiger partial charge in [0.1, 0.15) is 0 Å². The number of hydrogen-bond donors (Lipinski definition) is 1. The maximum atomic E-state index is 12.8. The monoisotopic (exact) mass is 300 g/mol. The van der Waals surface area contributed by atoms with E-state index in [0.29, 0.717) is 10.7 Å². The molecule has 1 aromatic carbocycles. The molecule has 1 aromatic heterocycles. The van der Waals surface area contributed by atoms with E-state index >= 15 is 0 Å². The van der Waals surface area contributed by atoms with E-state index in [9.17, 15) is 4.39 Å². The first-order chi connectivity index (χ1) is 7.65. The average Bonchev–Trinajstić information content (AvgIpc) is 2.22. The summed E-state index contributed by atoms with van der Waals surface area (Å²) < 4.78 is 13.7. The molecule has 0 atom stereocenters. The number of anilines is 2.